The van der Waals surface area contributed by atoms with Crippen LogP contribution in [0.1, 0.15) is 25.3 Å². The molecule has 2 N–H and O–H groups in total. The molecule has 9 heteroatoms. The summed E-state index contributed by atoms with van der Waals surface area (Å²) in [4.78, 5) is 26.8. The Labute approximate surface area is 159 Å². The van der Waals surface area contributed by atoms with Crippen molar-refractivity contribution < 1.29 is 9.47 Å². The highest BCUT2D eigenvalue weighted by atomic mass is 32.1. The number of nitrogens with zero attached hydrogens (tertiary/aromatic N) is 2. The average Bonchev–Trinajstić information content (AvgIpc) is 3.10. The number of anilines is 1. The third-order valence-electron chi connectivity index (χ3n) is 4.29. The van der Waals surface area contributed by atoms with Gasteiger partial charge in [-0.25, -0.2) is 4.79 Å². The van der Waals surface area contributed by atoms with Gasteiger partial charge in [0.15, 0.2) is 5.65 Å². The van der Waals surface area contributed by atoms with Crippen LogP contribution in [-0.2, 0) is 13.1 Å². The number of ether oxygens (including phenoxy) is 2. The van der Waals surface area contributed by atoms with Crippen LogP contribution in [0.25, 0.3) is 11.0 Å². The van der Waals surface area contributed by atoms with Crippen molar-refractivity contribution >= 4 is 27.6 Å². The number of hydrogen-bond donors (Lipinski definition) is 2. The van der Waals surface area contributed by atoms with Gasteiger partial charge in [0.25, 0.3) is 5.56 Å². The fourth-order valence-corrected chi connectivity index (χ4v) is 3.59. The molecule has 27 heavy (non-hydrogen) atoms. The Morgan fingerprint density at radius 3 is 2.78 bits per heavy atom. The second kappa shape index (κ2) is 8.26. The molecular formula is C18H22N4O4S. The van der Waals surface area contributed by atoms with Gasteiger partial charge in [0, 0.05) is 24.7 Å². The summed E-state index contributed by atoms with van der Waals surface area (Å²) in [5, 5.41) is 4.27. The Hall–Kier alpha value is -2.81. The number of benzene rings is 1. The molecule has 3 rings (SSSR count). The van der Waals surface area contributed by atoms with Crippen molar-refractivity contribution in [3.8, 4) is 11.5 Å². The number of unbranched alkanes of at least 4 members (excludes halogenated alkanes) is 1. The van der Waals surface area contributed by atoms with E-state index in [1.165, 1.54) is 16.1 Å². The van der Waals surface area contributed by atoms with Gasteiger partial charge in [-0.1, -0.05) is 13.3 Å². The van der Waals surface area contributed by atoms with Crippen LogP contribution in [0.4, 0.5) is 5.00 Å². The molecule has 0 radical (unpaired) electrons. The second-order valence-electron chi connectivity index (χ2n) is 6.01. The van der Waals surface area contributed by atoms with E-state index in [-0.39, 0.29) is 0 Å². The maximum absolute atomic E-state index is 12.3. The third kappa shape index (κ3) is 3.82. The summed E-state index contributed by atoms with van der Waals surface area (Å²) >= 11 is 1.17. The van der Waals surface area contributed by atoms with Crippen LogP contribution in [0.15, 0.2) is 27.8 Å². The van der Waals surface area contributed by atoms with Crippen molar-refractivity contribution in [2.45, 2.75) is 32.9 Å². The van der Waals surface area contributed by atoms with Crippen LogP contribution in [0.5, 0.6) is 11.5 Å². The minimum atomic E-state index is -0.430. The number of aromatic amines is 1. The van der Waals surface area contributed by atoms with Gasteiger partial charge in [-0.2, -0.15) is 4.37 Å². The van der Waals surface area contributed by atoms with Crippen molar-refractivity contribution in [2.75, 3.05) is 19.5 Å². The number of H-pyrrole nitrogens is 1. The van der Waals surface area contributed by atoms with E-state index in [0.717, 1.165) is 18.4 Å². The lowest BCUT2D eigenvalue weighted by atomic mass is 10.2. The van der Waals surface area contributed by atoms with E-state index >= 15 is 0 Å². The Bertz CT molecular complexity index is 1050. The molecule has 0 atom stereocenters. The predicted octanol–water partition coefficient (Wildman–Crippen LogP) is 2.58. The van der Waals surface area contributed by atoms with Gasteiger partial charge in [-0.3, -0.25) is 14.3 Å². The molecule has 144 valence electrons. The molecule has 1 aromatic carbocycles. The van der Waals surface area contributed by atoms with Crippen LogP contribution in [0, 0.1) is 0 Å². The summed E-state index contributed by atoms with van der Waals surface area (Å²) in [6.07, 6.45) is 1.78. The minimum Gasteiger partial charge on any atom is -0.497 e. The van der Waals surface area contributed by atoms with Gasteiger partial charge < -0.3 is 14.8 Å². The summed E-state index contributed by atoms with van der Waals surface area (Å²) in [5.74, 6) is 1.39. The number of aromatic nitrogens is 3. The first-order chi connectivity index (χ1) is 13.1. The van der Waals surface area contributed by atoms with Gasteiger partial charge >= 0.3 is 5.69 Å². The highest BCUT2D eigenvalue weighted by Gasteiger charge is 2.16. The zero-order valence-electron chi connectivity index (χ0n) is 15.5. The minimum absolute atomic E-state index is 0.406. The molecule has 0 unspecified atom stereocenters. The number of rotatable bonds is 8. The van der Waals surface area contributed by atoms with Crippen LogP contribution in [-0.4, -0.2) is 28.1 Å². The maximum Gasteiger partial charge on any atom is 0.330 e. The molecular weight excluding hydrogens is 368 g/mol. The van der Waals surface area contributed by atoms with E-state index in [9.17, 15) is 9.59 Å². The number of nitrogens with one attached hydrogen (secondary N) is 2. The third-order valence-corrected chi connectivity index (χ3v) is 5.09. The van der Waals surface area contributed by atoms with Gasteiger partial charge in [-0.15, -0.1) is 0 Å². The molecule has 3 aromatic rings. The molecule has 0 fully saturated rings. The zero-order valence-corrected chi connectivity index (χ0v) is 16.3. The largest absolute Gasteiger partial charge is 0.497 e. The SMILES string of the molecule is CCCCn1c(=O)[nH]c(=O)c2c(NCc3ccc(OC)cc3OC)snc21. The Morgan fingerprint density at radius 2 is 2.07 bits per heavy atom. The molecule has 8 nitrogen and oxygen atoms in total. The summed E-state index contributed by atoms with van der Waals surface area (Å²) in [6.45, 7) is 3.01. The van der Waals surface area contributed by atoms with Gasteiger partial charge in [-0.05, 0) is 30.1 Å². The van der Waals surface area contributed by atoms with E-state index < -0.39 is 11.2 Å². The van der Waals surface area contributed by atoms with Crippen LogP contribution >= 0.6 is 11.5 Å². The summed E-state index contributed by atoms with van der Waals surface area (Å²) in [6, 6.07) is 5.55. The first-order valence-electron chi connectivity index (χ1n) is 8.66. The zero-order chi connectivity index (χ0) is 19.4. The molecule has 2 heterocycles. The van der Waals surface area contributed by atoms with Crippen molar-refractivity contribution in [3.05, 3.63) is 44.6 Å². The van der Waals surface area contributed by atoms with E-state index in [2.05, 4.69) is 14.7 Å². The Kier molecular flexibility index (Phi) is 5.80. The van der Waals surface area contributed by atoms with Crippen LogP contribution < -0.4 is 26.0 Å². The molecule has 0 aliphatic carbocycles. The molecule has 0 spiro atoms. The van der Waals surface area contributed by atoms with Crippen molar-refractivity contribution in [1.29, 1.82) is 0 Å². The van der Waals surface area contributed by atoms with E-state index in [4.69, 9.17) is 9.47 Å². The fourth-order valence-electron chi connectivity index (χ4n) is 2.81. The number of fused-ring (bicyclic) bond motifs is 1. The smallest absolute Gasteiger partial charge is 0.330 e. The highest BCUT2D eigenvalue weighted by molar-refractivity contribution is 7.11. The van der Waals surface area contributed by atoms with E-state index in [0.29, 0.717) is 40.6 Å². The van der Waals surface area contributed by atoms with Gasteiger partial charge in [0.1, 0.15) is 21.9 Å². The second-order valence-corrected chi connectivity index (χ2v) is 6.78. The Balaban J connectivity index is 1.92. The molecule has 0 saturated carbocycles. The first-order valence-corrected chi connectivity index (χ1v) is 9.43. The topological polar surface area (TPSA) is 98.2 Å². The van der Waals surface area contributed by atoms with Crippen molar-refractivity contribution in [1.82, 2.24) is 13.9 Å². The molecule has 0 aliphatic heterocycles. The average molecular weight is 390 g/mol. The standard InChI is InChI=1S/C18H22N4O4S/c1-4-5-8-22-15-14(16(23)20-18(22)24)17(27-21-15)19-10-11-6-7-12(25-2)9-13(11)26-3/h6-7,9,19H,4-5,8,10H2,1-3H3,(H,20,23,24). The monoisotopic (exact) mass is 390 g/mol. The quantitative estimate of drug-likeness (QED) is 0.613. The fraction of sp³-hybridized carbons (Fsp3) is 0.389. The van der Waals surface area contributed by atoms with Crippen LogP contribution in [0.3, 0.4) is 0 Å². The van der Waals surface area contributed by atoms with Crippen molar-refractivity contribution in [3.63, 3.8) is 0 Å². The highest BCUT2D eigenvalue weighted by Crippen LogP contribution is 2.28. The summed E-state index contributed by atoms with van der Waals surface area (Å²) in [5.41, 5.74) is 0.484. The lowest BCUT2D eigenvalue weighted by Crippen LogP contribution is -2.30. The maximum atomic E-state index is 12.3. The Morgan fingerprint density at radius 1 is 1.26 bits per heavy atom. The molecule has 0 aliphatic rings. The molecule has 0 saturated heterocycles. The number of hydrogen-bond acceptors (Lipinski definition) is 7. The van der Waals surface area contributed by atoms with Gasteiger partial charge in [0.2, 0.25) is 0 Å². The molecule has 0 bridgehead atoms. The predicted molar refractivity (Wildman–Crippen MR) is 106 cm³/mol. The summed E-state index contributed by atoms with van der Waals surface area (Å²) in [7, 11) is 3.19. The van der Waals surface area contributed by atoms with E-state index in [1.807, 2.05) is 19.1 Å². The lowest BCUT2D eigenvalue weighted by Gasteiger charge is -2.11. The van der Waals surface area contributed by atoms with E-state index in [1.54, 1.807) is 20.3 Å². The molecule has 0 amide bonds. The van der Waals surface area contributed by atoms with Crippen molar-refractivity contribution in [2.24, 2.45) is 0 Å². The summed E-state index contributed by atoms with van der Waals surface area (Å²) < 4.78 is 16.5. The first kappa shape index (κ1) is 19.0. The van der Waals surface area contributed by atoms with Gasteiger partial charge in [0.05, 0.1) is 14.2 Å². The molecule has 2 aromatic heterocycles. The lowest BCUT2D eigenvalue weighted by molar-refractivity contribution is 0.391. The van der Waals surface area contributed by atoms with Crippen LogP contribution in [0.2, 0.25) is 0 Å². The number of methoxy groups -OCH3 is 2. The number of aryl methyl sites for hydroxylation is 1. The normalized spacial score (nSPS) is 10.9.